The van der Waals surface area contributed by atoms with Crippen LogP contribution in [0.25, 0.3) is 10.9 Å². The maximum absolute atomic E-state index is 13.1. The van der Waals surface area contributed by atoms with Crippen molar-refractivity contribution in [2.45, 2.75) is 50.7 Å². The predicted octanol–water partition coefficient (Wildman–Crippen LogP) is 4.05. The molecular weight excluding hydrogens is 428 g/mol. The van der Waals surface area contributed by atoms with E-state index in [9.17, 15) is 4.79 Å². The van der Waals surface area contributed by atoms with Crippen LogP contribution in [0.3, 0.4) is 0 Å². The summed E-state index contributed by atoms with van der Waals surface area (Å²) in [6.07, 6.45) is 7.16. The average molecular weight is 455 g/mol. The van der Waals surface area contributed by atoms with E-state index in [1.165, 1.54) is 0 Å². The maximum Gasteiger partial charge on any atom is 0.255 e. The summed E-state index contributed by atoms with van der Waals surface area (Å²) in [5.74, 6) is 2.10. The van der Waals surface area contributed by atoms with Gasteiger partial charge in [-0.25, -0.2) is 4.98 Å². The summed E-state index contributed by atoms with van der Waals surface area (Å²) in [5, 5.41) is 15.1. The van der Waals surface area contributed by atoms with E-state index in [2.05, 4.69) is 30.7 Å². The van der Waals surface area contributed by atoms with Gasteiger partial charge in [-0.05, 0) is 56.9 Å². The molecule has 9 nitrogen and oxygen atoms in total. The van der Waals surface area contributed by atoms with Crippen molar-refractivity contribution in [3.05, 3.63) is 66.1 Å². The van der Waals surface area contributed by atoms with E-state index in [-0.39, 0.29) is 24.0 Å². The smallest absolute Gasteiger partial charge is 0.255 e. The third-order valence-corrected chi connectivity index (χ3v) is 6.76. The third kappa shape index (κ3) is 3.83. The van der Waals surface area contributed by atoms with Crippen LogP contribution >= 0.6 is 0 Å². The van der Waals surface area contributed by atoms with E-state index in [1.807, 2.05) is 49.4 Å². The number of carbonyl (C=O) groups is 1. The van der Waals surface area contributed by atoms with Crippen molar-refractivity contribution in [1.29, 1.82) is 0 Å². The van der Waals surface area contributed by atoms with Crippen LogP contribution in [0.5, 0.6) is 0 Å². The molecule has 2 saturated heterocycles. The van der Waals surface area contributed by atoms with Crippen LogP contribution in [0.2, 0.25) is 0 Å². The highest BCUT2D eigenvalue weighted by Crippen LogP contribution is 2.38. The lowest BCUT2D eigenvalue weighted by atomic mass is 9.96. The van der Waals surface area contributed by atoms with Crippen molar-refractivity contribution in [2.75, 3.05) is 10.6 Å². The number of anilines is 3. The number of benzene rings is 1. The second-order valence-electron chi connectivity index (χ2n) is 9.13. The van der Waals surface area contributed by atoms with Gasteiger partial charge in [0, 0.05) is 47.7 Å². The molecule has 3 aromatic heterocycles. The molecule has 4 aromatic rings. The van der Waals surface area contributed by atoms with Gasteiger partial charge in [-0.3, -0.25) is 14.9 Å². The van der Waals surface area contributed by atoms with Gasteiger partial charge in [-0.15, -0.1) is 0 Å². The molecule has 0 aliphatic carbocycles. The Morgan fingerprint density at radius 2 is 1.91 bits per heavy atom. The lowest BCUT2D eigenvalue weighted by molar-refractivity contribution is 0.0582. The molecule has 9 heteroatoms. The minimum absolute atomic E-state index is 0.0850. The fourth-order valence-electron chi connectivity index (χ4n) is 5.29. The fourth-order valence-corrected chi connectivity index (χ4v) is 5.29. The van der Waals surface area contributed by atoms with Gasteiger partial charge < -0.3 is 15.5 Å². The normalized spacial score (nSPS) is 21.6. The van der Waals surface area contributed by atoms with Gasteiger partial charge in [0.05, 0.1) is 11.1 Å². The first kappa shape index (κ1) is 20.6. The molecule has 34 heavy (non-hydrogen) atoms. The monoisotopic (exact) mass is 454 g/mol. The van der Waals surface area contributed by atoms with Crippen molar-refractivity contribution < 1.29 is 4.79 Å². The zero-order chi connectivity index (χ0) is 23.1. The Hall–Kier alpha value is -4.01. The number of aromatic amines is 1. The number of nitrogens with one attached hydrogen (secondary N) is 3. The Labute approximate surface area is 197 Å². The van der Waals surface area contributed by atoms with Crippen molar-refractivity contribution in [2.24, 2.45) is 0 Å². The van der Waals surface area contributed by atoms with Gasteiger partial charge in [0.2, 0.25) is 5.95 Å². The second-order valence-corrected chi connectivity index (χ2v) is 9.13. The van der Waals surface area contributed by atoms with Crippen LogP contribution in [0.1, 0.15) is 41.7 Å². The van der Waals surface area contributed by atoms with Gasteiger partial charge in [-0.1, -0.05) is 12.1 Å². The molecule has 2 bridgehead atoms. The topological polar surface area (TPSA) is 112 Å². The van der Waals surface area contributed by atoms with E-state index in [1.54, 1.807) is 12.4 Å². The lowest BCUT2D eigenvalue weighted by Gasteiger charge is -2.39. The van der Waals surface area contributed by atoms with Crippen LogP contribution in [-0.2, 0) is 0 Å². The number of hydrogen-bond donors (Lipinski definition) is 3. The molecule has 0 spiro atoms. The van der Waals surface area contributed by atoms with Crippen LogP contribution < -0.4 is 10.6 Å². The largest absolute Gasteiger partial charge is 0.351 e. The molecule has 0 radical (unpaired) electrons. The van der Waals surface area contributed by atoms with E-state index in [4.69, 9.17) is 9.97 Å². The molecule has 6 rings (SSSR count). The minimum atomic E-state index is 0.0850. The summed E-state index contributed by atoms with van der Waals surface area (Å²) >= 11 is 0. The maximum atomic E-state index is 13.1. The molecule has 172 valence electrons. The number of rotatable bonds is 5. The third-order valence-electron chi connectivity index (χ3n) is 6.76. The molecule has 3 atom stereocenters. The molecule has 0 saturated carbocycles. The van der Waals surface area contributed by atoms with Gasteiger partial charge in [-0.2, -0.15) is 10.1 Å². The molecule has 3 N–H and O–H groups in total. The number of amides is 1. The Kier molecular flexibility index (Phi) is 5.09. The SMILES string of the molecule is Cc1cc(Nc2nc(NC3C[C@H]4CC[C@@H](C3)N4C(=O)c3cccnc3)nc3ccccc23)n[nH]1. The van der Waals surface area contributed by atoms with Gasteiger partial charge in [0.1, 0.15) is 5.82 Å². The van der Waals surface area contributed by atoms with Crippen LogP contribution in [0, 0.1) is 6.92 Å². The summed E-state index contributed by atoms with van der Waals surface area (Å²) < 4.78 is 0. The number of piperidine rings is 1. The molecule has 1 amide bonds. The van der Waals surface area contributed by atoms with E-state index in [0.29, 0.717) is 23.1 Å². The summed E-state index contributed by atoms with van der Waals surface area (Å²) in [5.41, 5.74) is 2.50. The molecule has 1 unspecified atom stereocenters. The molecule has 2 aliphatic heterocycles. The van der Waals surface area contributed by atoms with Crippen molar-refractivity contribution in [1.82, 2.24) is 30.0 Å². The molecular formula is C25H26N8O. The Morgan fingerprint density at radius 3 is 2.65 bits per heavy atom. The first-order valence-corrected chi connectivity index (χ1v) is 11.7. The summed E-state index contributed by atoms with van der Waals surface area (Å²) in [6, 6.07) is 14.2. The van der Waals surface area contributed by atoms with Crippen molar-refractivity contribution in [3.8, 4) is 0 Å². The number of para-hydroxylation sites is 1. The second kappa shape index (κ2) is 8.40. The number of pyridine rings is 1. The Bertz CT molecular complexity index is 1320. The minimum Gasteiger partial charge on any atom is -0.351 e. The summed E-state index contributed by atoms with van der Waals surface area (Å²) in [7, 11) is 0. The molecule has 2 fully saturated rings. The molecule has 5 heterocycles. The van der Waals surface area contributed by atoms with Crippen molar-refractivity contribution in [3.63, 3.8) is 0 Å². The highest BCUT2D eigenvalue weighted by atomic mass is 16.2. The lowest BCUT2D eigenvalue weighted by Crippen LogP contribution is -2.49. The number of nitrogens with zero attached hydrogens (tertiary/aromatic N) is 5. The first-order chi connectivity index (χ1) is 16.6. The van der Waals surface area contributed by atoms with Gasteiger partial charge in [0.25, 0.3) is 5.91 Å². The van der Waals surface area contributed by atoms with E-state index < -0.39 is 0 Å². The highest BCUT2D eigenvalue weighted by molar-refractivity contribution is 5.94. The number of fused-ring (bicyclic) bond motifs is 3. The average Bonchev–Trinajstić information content (AvgIpc) is 3.38. The molecule has 1 aromatic carbocycles. The first-order valence-electron chi connectivity index (χ1n) is 11.7. The number of aryl methyl sites for hydroxylation is 1. The molecule has 2 aliphatic rings. The van der Waals surface area contributed by atoms with E-state index in [0.717, 1.165) is 42.3 Å². The van der Waals surface area contributed by atoms with Crippen molar-refractivity contribution >= 4 is 34.4 Å². The fraction of sp³-hybridized carbons (Fsp3) is 0.320. The zero-order valence-electron chi connectivity index (χ0n) is 18.9. The number of carbonyl (C=O) groups excluding carboxylic acids is 1. The van der Waals surface area contributed by atoms with Crippen LogP contribution in [0.4, 0.5) is 17.6 Å². The number of aromatic nitrogens is 5. The van der Waals surface area contributed by atoms with E-state index >= 15 is 0 Å². The Morgan fingerprint density at radius 1 is 1.09 bits per heavy atom. The van der Waals surface area contributed by atoms with Crippen LogP contribution in [-0.4, -0.2) is 54.1 Å². The number of H-pyrrole nitrogens is 1. The van der Waals surface area contributed by atoms with Gasteiger partial charge in [0.15, 0.2) is 5.82 Å². The predicted molar refractivity (Wildman–Crippen MR) is 130 cm³/mol. The van der Waals surface area contributed by atoms with Gasteiger partial charge >= 0.3 is 0 Å². The summed E-state index contributed by atoms with van der Waals surface area (Å²) in [4.78, 5) is 28.9. The zero-order valence-corrected chi connectivity index (χ0v) is 18.9. The quantitative estimate of drug-likeness (QED) is 0.417. The number of hydrogen-bond acceptors (Lipinski definition) is 7. The highest BCUT2D eigenvalue weighted by Gasteiger charge is 2.43. The standard InChI is InChI=1S/C25H26N8O/c1-15-11-22(32-31-15)29-23-20-6-2-3-7-21(20)28-25(30-23)27-17-12-18-8-9-19(13-17)33(18)24(34)16-5-4-10-26-14-16/h2-7,10-11,14,17-19H,8-9,12-13H2,1H3,(H3,27,28,29,30,31,32)/t17?,18-,19+. The summed E-state index contributed by atoms with van der Waals surface area (Å²) in [6.45, 7) is 1.96. The van der Waals surface area contributed by atoms with Crippen LogP contribution in [0.15, 0.2) is 54.9 Å². The Balaban J connectivity index is 1.23.